The first-order valence-electron chi connectivity index (χ1n) is 6.61. The maximum Gasteiger partial charge on any atom is 0.137 e. The van der Waals surface area contributed by atoms with Gasteiger partial charge < -0.3 is 10.3 Å². The number of halogens is 1. The van der Waals surface area contributed by atoms with Gasteiger partial charge in [-0.1, -0.05) is 12.1 Å². The third-order valence-corrected chi connectivity index (χ3v) is 3.73. The molecule has 2 N–H and O–H groups in total. The molecule has 0 saturated heterocycles. The Labute approximate surface area is 111 Å². The van der Waals surface area contributed by atoms with E-state index >= 15 is 0 Å². The molecular formula is C14H17FN4. The van der Waals surface area contributed by atoms with Gasteiger partial charge in [0.05, 0.1) is 0 Å². The fourth-order valence-electron chi connectivity index (χ4n) is 2.56. The lowest BCUT2D eigenvalue weighted by Gasteiger charge is -2.22. The lowest BCUT2D eigenvalue weighted by molar-refractivity contribution is 0.368. The van der Waals surface area contributed by atoms with Gasteiger partial charge in [0, 0.05) is 19.4 Å². The molecule has 2 aromatic rings. The molecular weight excluding hydrogens is 243 g/mol. The average molecular weight is 260 g/mol. The van der Waals surface area contributed by atoms with E-state index in [-0.39, 0.29) is 5.82 Å². The van der Waals surface area contributed by atoms with E-state index in [9.17, 15) is 4.39 Å². The van der Waals surface area contributed by atoms with Crippen molar-refractivity contribution in [2.75, 3.05) is 6.54 Å². The highest BCUT2D eigenvalue weighted by Gasteiger charge is 2.21. The number of aryl methyl sites for hydroxylation is 1. The van der Waals surface area contributed by atoms with Crippen molar-refractivity contribution >= 4 is 0 Å². The van der Waals surface area contributed by atoms with Crippen molar-refractivity contribution in [1.82, 2.24) is 14.8 Å². The van der Waals surface area contributed by atoms with Gasteiger partial charge in [-0.25, -0.2) is 4.39 Å². The third kappa shape index (κ3) is 2.51. The number of nitrogens with zero attached hydrogens (tertiary/aromatic N) is 3. The molecule has 2 heterocycles. The normalized spacial score (nSPS) is 18.3. The maximum atomic E-state index is 12.9. The number of nitrogens with two attached hydrogens (primary N) is 1. The Hall–Kier alpha value is -1.75. The summed E-state index contributed by atoms with van der Waals surface area (Å²) >= 11 is 0. The smallest absolute Gasteiger partial charge is 0.137 e. The van der Waals surface area contributed by atoms with E-state index in [1.54, 1.807) is 12.1 Å². The van der Waals surface area contributed by atoms with Crippen LogP contribution in [0.2, 0.25) is 0 Å². The number of hydrogen-bond acceptors (Lipinski definition) is 3. The Bertz CT molecular complexity index is 561. The maximum absolute atomic E-state index is 12.9. The Kier molecular flexibility index (Phi) is 3.29. The van der Waals surface area contributed by atoms with Crippen molar-refractivity contribution in [1.29, 1.82) is 0 Å². The Morgan fingerprint density at radius 1 is 1.26 bits per heavy atom. The molecule has 0 saturated carbocycles. The number of fused-ring (bicyclic) bond motifs is 1. The summed E-state index contributed by atoms with van der Waals surface area (Å²) in [6, 6.07) is 6.54. The van der Waals surface area contributed by atoms with Crippen LogP contribution in [0.25, 0.3) is 0 Å². The molecule has 19 heavy (non-hydrogen) atoms. The van der Waals surface area contributed by atoms with Crippen LogP contribution in [0.15, 0.2) is 24.3 Å². The van der Waals surface area contributed by atoms with E-state index in [0.29, 0.717) is 18.9 Å². The summed E-state index contributed by atoms with van der Waals surface area (Å²) in [4.78, 5) is 0. The predicted octanol–water partition coefficient (Wildman–Crippen LogP) is 1.53. The Balaban J connectivity index is 1.82. The van der Waals surface area contributed by atoms with E-state index in [4.69, 9.17) is 5.73 Å². The van der Waals surface area contributed by atoms with Gasteiger partial charge in [-0.3, -0.25) is 0 Å². The van der Waals surface area contributed by atoms with Crippen LogP contribution in [0.5, 0.6) is 0 Å². The van der Waals surface area contributed by atoms with Gasteiger partial charge >= 0.3 is 0 Å². The van der Waals surface area contributed by atoms with E-state index < -0.39 is 0 Å². The van der Waals surface area contributed by atoms with Crippen LogP contribution in [0.4, 0.5) is 4.39 Å². The van der Waals surface area contributed by atoms with Crippen LogP contribution in [0, 0.1) is 11.7 Å². The zero-order valence-corrected chi connectivity index (χ0v) is 10.7. The summed E-state index contributed by atoms with van der Waals surface area (Å²) in [6.45, 7) is 1.60. The molecule has 0 aliphatic carbocycles. The predicted molar refractivity (Wildman–Crippen MR) is 70.1 cm³/mol. The van der Waals surface area contributed by atoms with Gasteiger partial charge in [0.1, 0.15) is 17.5 Å². The molecule has 5 heteroatoms. The third-order valence-electron chi connectivity index (χ3n) is 3.73. The summed E-state index contributed by atoms with van der Waals surface area (Å²) in [5.74, 6) is 2.28. The van der Waals surface area contributed by atoms with Gasteiger partial charge in [0.15, 0.2) is 0 Å². The van der Waals surface area contributed by atoms with E-state index in [2.05, 4.69) is 14.8 Å². The second kappa shape index (κ2) is 5.09. The molecule has 0 radical (unpaired) electrons. The van der Waals surface area contributed by atoms with Crippen molar-refractivity contribution in [2.45, 2.75) is 25.8 Å². The first-order valence-corrected chi connectivity index (χ1v) is 6.61. The summed E-state index contributed by atoms with van der Waals surface area (Å²) < 4.78 is 15.1. The summed E-state index contributed by atoms with van der Waals surface area (Å²) in [7, 11) is 0. The van der Waals surface area contributed by atoms with Crippen molar-refractivity contribution in [3.8, 4) is 0 Å². The van der Waals surface area contributed by atoms with Crippen molar-refractivity contribution < 1.29 is 4.39 Å². The lowest BCUT2D eigenvalue weighted by atomic mass is 9.99. The number of rotatable bonds is 3. The van der Waals surface area contributed by atoms with E-state index in [0.717, 1.165) is 36.6 Å². The van der Waals surface area contributed by atoms with Gasteiger partial charge in [0.2, 0.25) is 0 Å². The van der Waals surface area contributed by atoms with Crippen LogP contribution in [0.3, 0.4) is 0 Å². The topological polar surface area (TPSA) is 56.7 Å². The highest BCUT2D eigenvalue weighted by Crippen LogP contribution is 2.20. The molecule has 0 amide bonds. The number of benzene rings is 1. The fraction of sp³-hybridized carbons (Fsp3) is 0.429. The monoisotopic (exact) mass is 260 g/mol. The molecule has 4 nitrogen and oxygen atoms in total. The average Bonchev–Trinajstić information content (AvgIpc) is 2.84. The highest BCUT2D eigenvalue weighted by atomic mass is 19.1. The lowest BCUT2D eigenvalue weighted by Crippen LogP contribution is -2.27. The molecule has 0 spiro atoms. The van der Waals surface area contributed by atoms with Crippen LogP contribution in [0.1, 0.15) is 23.6 Å². The molecule has 3 rings (SSSR count). The van der Waals surface area contributed by atoms with Crippen molar-refractivity contribution in [3.63, 3.8) is 0 Å². The zero-order chi connectivity index (χ0) is 13.2. The van der Waals surface area contributed by atoms with Crippen LogP contribution in [-0.4, -0.2) is 21.3 Å². The van der Waals surface area contributed by atoms with Gasteiger partial charge in [-0.05, 0) is 36.6 Å². The molecule has 1 aliphatic heterocycles. The minimum absolute atomic E-state index is 0.213. The number of aromatic nitrogens is 3. The molecule has 1 atom stereocenters. The van der Waals surface area contributed by atoms with Gasteiger partial charge in [-0.15, -0.1) is 10.2 Å². The zero-order valence-electron chi connectivity index (χ0n) is 10.7. The molecule has 1 aromatic carbocycles. The first kappa shape index (κ1) is 12.3. The van der Waals surface area contributed by atoms with E-state index in [1.807, 2.05) is 0 Å². The molecule has 0 bridgehead atoms. The van der Waals surface area contributed by atoms with Crippen LogP contribution < -0.4 is 5.73 Å². The summed E-state index contributed by atoms with van der Waals surface area (Å²) in [5.41, 5.74) is 6.80. The first-order chi connectivity index (χ1) is 9.26. The number of hydrogen-bond donors (Lipinski definition) is 1. The largest absolute Gasteiger partial charge is 0.330 e. The molecule has 1 unspecified atom stereocenters. The van der Waals surface area contributed by atoms with Crippen LogP contribution in [-0.2, 0) is 19.4 Å². The Morgan fingerprint density at radius 2 is 2.05 bits per heavy atom. The van der Waals surface area contributed by atoms with Gasteiger partial charge in [0.25, 0.3) is 0 Å². The quantitative estimate of drug-likeness (QED) is 0.910. The molecule has 1 aliphatic rings. The summed E-state index contributed by atoms with van der Waals surface area (Å²) in [5, 5.41) is 8.50. The minimum Gasteiger partial charge on any atom is -0.330 e. The molecule has 0 fully saturated rings. The SMILES string of the molecule is NCC1CCc2nnc(Cc3ccc(F)cc3)n2C1. The van der Waals surface area contributed by atoms with E-state index in [1.165, 1.54) is 12.1 Å². The molecule has 100 valence electrons. The minimum atomic E-state index is -0.213. The Morgan fingerprint density at radius 3 is 2.79 bits per heavy atom. The standard InChI is InChI=1S/C14H17FN4/c15-12-4-1-10(2-5-12)7-14-18-17-13-6-3-11(8-16)9-19(13)14/h1-2,4-5,11H,3,6-9,16H2. The summed E-state index contributed by atoms with van der Waals surface area (Å²) in [6.07, 6.45) is 2.72. The van der Waals surface area contributed by atoms with Crippen molar-refractivity contribution in [2.24, 2.45) is 11.7 Å². The van der Waals surface area contributed by atoms with Crippen molar-refractivity contribution in [3.05, 3.63) is 47.3 Å². The highest BCUT2D eigenvalue weighted by molar-refractivity contribution is 5.20. The second-order valence-corrected chi connectivity index (χ2v) is 5.09. The molecule has 1 aromatic heterocycles. The fourth-order valence-corrected chi connectivity index (χ4v) is 2.56. The second-order valence-electron chi connectivity index (χ2n) is 5.09. The van der Waals surface area contributed by atoms with Crippen LogP contribution >= 0.6 is 0 Å². The van der Waals surface area contributed by atoms with Gasteiger partial charge in [-0.2, -0.15) is 0 Å².